The van der Waals surface area contributed by atoms with Crippen LogP contribution in [0.5, 0.6) is 0 Å². The number of nitrogens with zero attached hydrogens (tertiary/aromatic N) is 1. The lowest BCUT2D eigenvalue weighted by molar-refractivity contribution is -0.152. The molecular weight excluding hydrogens is 216 g/mol. The standard InChI is InChI=1S/C13H24N2O2/c1-5-8-9(4)15-11(7-3)12(16)14-10(6-2)13(15)17/h9-11H,5-8H2,1-4H3,(H,14,16). The Morgan fingerprint density at radius 2 is 1.88 bits per heavy atom. The fraction of sp³-hybridized carbons (Fsp3) is 0.846. The van der Waals surface area contributed by atoms with E-state index in [0.29, 0.717) is 12.8 Å². The van der Waals surface area contributed by atoms with Crippen molar-refractivity contribution in [2.24, 2.45) is 0 Å². The first-order valence-electron chi connectivity index (χ1n) is 6.69. The maximum Gasteiger partial charge on any atom is 0.246 e. The Bertz CT molecular complexity index is 291. The van der Waals surface area contributed by atoms with Crippen LogP contribution in [0.2, 0.25) is 0 Å². The molecule has 4 heteroatoms. The molecular formula is C13H24N2O2. The van der Waals surface area contributed by atoms with Crippen molar-refractivity contribution in [3.8, 4) is 0 Å². The van der Waals surface area contributed by atoms with Crippen molar-refractivity contribution in [3.63, 3.8) is 0 Å². The van der Waals surface area contributed by atoms with Crippen molar-refractivity contribution in [1.29, 1.82) is 0 Å². The first-order chi connectivity index (χ1) is 8.06. The zero-order valence-electron chi connectivity index (χ0n) is 11.3. The highest BCUT2D eigenvalue weighted by Gasteiger charge is 2.40. The van der Waals surface area contributed by atoms with E-state index in [9.17, 15) is 9.59 Å². The second kappa shape index (κ2) is 6.03. The monoisotopic (exact) mass is 240 g/mol. The molecule has 0 spiro atoms. The molecule has 2 amide bonds. The van der Waals surface area contributed by atoms with E-state index in [2.05, 4.69) is 12.2 Å². The molecule has 1 aliphatic heterocycles. The molecule has 4 nitrogen and oxygen atoms in total. The minimum absolute atomic E-state index is 0.00176. The highest BCUT2D eigenvalue weighted by molar-refractivity contribution is 5.97. The number of hydrogen-bond acceptors (Lipinski definition) is 2. The smallest absolute Gasteiger partial charge is 0.246 e. The van der Waals surface area contributed by atoms with Gasteiger partial charge < -0.3 is 10.2 Å². The van der Waals surface area contributed by atoms with Crippen molar-refractivity contribution in [2.75, 3.05) is 0 Å². The summed E-state index contributed by atoms with van der Waals surface area (Å²) < 4.78 is 0. The highest BCUT2D eigenvalue weighted by Crippen LogP contribution is 2.20. The molecule has 0 aliphatic carbocycles. The van der Waals surface area contributed by atoms with E-state index in [1.165, 1.54) is 0 Å². The molecule has 1 heterocycles. The molecule has 1 saturated heterocycles. The zero-order valence-corrected chi connectivity index (χ0v) is 11.3. The van der Waals surface area contributed by atoms with E-state index in [4.69, 9.17) is 0 Å². The van der Waals surface area contributed by atoms with E-state index >= 15 is 0 Å². The molecule has 0 saturated carbocycles. The fourth-order valence-corrected chi connectivity index (χ4v) is 2.53. The summed E-state index contributed by atoms with van der Waals surface area (Å²) >= 11 is 0. The van der Waals surface area contributed by atoms with Gasteiger partial charge in [-0.3, -0.25) is 9.59 Å². The lowest BCUT2D eigenvalue weighted by atomic mass is 9.99. The van der Waals surface area contributed by atoms with Crippen LogP contribution in [0.25, 0.3) is 0 Å². The van der Waals surface area contributed by atoms with Gasteiger partial charge in [-0.2, -0.15) is 0 Å². The quantitative estimate of drug-likeness (QED) is 0.795. The van der Waals surface area contributed by atoms with Crippen LogP contribution >= 0.6 is 0 Å². The van der Waals surface area contributed by atoms with Crippen LogP contribution in [0, 0.1) is 0 Å². The summed E-state index contributed by atoms with van der Waals surface area (Å²) in [6.45, 7) is 8.02. The van der Waals surface area contributed by atoms with Gasteiger partial charge in [0.25, 0.3) is 0 Å². The largest absolute Gasteiger partial charge is 0.343 e. The Balaban J connectivity index is 2.92. The van der Waals surface area contributed by atoms with Gasteiger partial charge in [-0.15, -0.1) is 0 Å². The molecule has 0 aromatic rings. The summed E-state index contributed by atoms with van der Waals surface area (Å²) in [6, 6.07) is -0.464. The second-order valence-electron chi connectivity index (χ2n) is 4.78. The maximum absolute atomic E-state index is 12.3. The summed E-state index contributed by atoms with van der Waals surface area (Å²) in [7, 11) is 0. The number of amides is 2. The Hall–Kier alpha value is -1.06. The number of carbonyl (C=O) groups excluding carboxylic acids is 2. The predicted octanol–water partition coefficient (Wildman–Crippen LogP) is 1.69. The van der Waals surface area contributed by atoms with E-state index in [1.54, 1.807) is 4.90 Å². The summed E-state index contributed by atoms with van der Waals surface area (Å²) in [5, 5.41) is 2.81. The third-order valence-electron chi connectivity index (χ3n) is 3.48. The number of rotatable bonds is 5. The third kappa shape index (κ3) is 2.79. The summed E-state index contributed by atoms with van der Waals surface area (Å²) in [5.74, 6) is 0.0850. The maximum atomic E-state index is 12.3. The Labute approximate surface area is 104 Å². The van der Waals surface area contributed by atoms with Gasteiger partial charge in [-0.1, -0.05) is 27.2 Å². The van der Waals surface area contributed by atoms with Gasteiger partial charge in [0.15, 0.2) is 0 Å². The van der Waals surface area contributed by atoms with Crippen molar-refractivity contribution in [3.05, 3.63) is 0 Å². The van der Waals surface area contributed by atoms with Crippen LogP contribution in [-0.2, 0) is 9.59 Å². The van der Waals surface area contributed by atoms with E-state index in [0.717, 1.165) is 12.8 Å². The molecule has 0 aromatic carbocycles. The van der Waals surface area contributed by atoms with Crippen molar-refractivity contribution >= 4 is 11.8 Å². The first kappa shape index (κ1) is 14.0. The Morgan fingerprint density at radius 3 is 2.35 bits per heavy atom. The molecule has 98 valence electrons. The lowest BCUT2D eigenvalue weighted by Crippen LogP contribution is -2.65. The van der Waals surface area contributed by atoms with Gasteiger partial charge in [-0.25, -0.2) is 0 Å². The number of hydrogen-bond donors (Lipinski definition) is 1. The Morgan fingerprint density at radius 1 is 1.24 bits per heavy atom. The number of carbonyl (C=O) groups is 2. The van der Waals surface area contributed by atoms with Gasteiger partial charge in [0.2, 0.25) is 11.8 Å². The van der Waals surface area contributed by atoms with Gasteiger partial charge >= 0.3 is 0 Å². The average Bonchev–Trinajstić information content (AvgIpc) is 2.31. The molecule has 1 N–H and O–H groups in total. The second-order valence-corrected chi connectivity index (χ2v) is 4.78. The molecule has 17 heavy (non-hydrogen) atoms. The average molecular weight is 240 g/mol. The van der Waals surface area contributed by atoms with Gasteiger partial charge in [0, 0.05) is 6.04 Å². The van der Waals surface area contributed by atoms with Gasteiger partial charge in [0.1, 0.15) is 12.1 Å². The predicted molar refractivity (Wildman–Crippen MR) is 67.5 cm³/mol. The van der Waals surface area contributed by atoms with E-state index in [1.807, 2.05) is 20.8 Å². The van der Waals surface area contributed by atoms with E-state index in [-0.39, 0.29) is 29.9 Å². The van der Waals surface area contributed by atoms with Crippen LogP contribution in [0.1, 0.15) is 53.4 Å². The van der Waals surface area contributed by atoms with Crippen LogP contribution in [-0.4, -0.2) is 34.8 Å². The number of nitrogens with one attached hydrogen (secondary N) is 1. The third-order valence-corrected chi connectivity index (χ3v) is 3.48. The topological polar surface area (TPSA) is 49.4 Å². The van der Waals surface area contributed by atoms with Gasteiger partial charge in [0.05, 0.1) is 0 Å². The van der Waals surface area contributed by atoms with Crippen LogP contribution in [0.4, 0.5) is 0 Å². The SMILES string of the molecule is CCCC(C)N1C(=O)C(CC)NC(=O)C1CC. The highest BCUT2D eigenvalue weighted by atomic mass is 16.2. The minimum Gasteiger partial charge on any atom is -0.343 e. The van der Waals surface area contributed by atoms with Crippen molar-refractivity contribution in [2.45, 2.75) is 71.5 Å². The van der Waals surface area contributed by atoms with E-state index < -0.39 is 0 Å². The van der Waals surface area contributed by atoms with Crippen molar-refractivity contribution < 1.29 is 9.59 Å². The molecule has 1 rings (SSSR count). The van der Waals surface area contributed by atoms with Crippen molar-refractivity contribution in [1.82, 2.24) is 10.2 Å². The zero-order chi connectivity index (χ0) is 13.0. The molecule has 1 aliphatic rings. The molecule has 1 fully saturated rings. The van der Waals surface area contributed by atoms with Crippen LogP contribution < -0.4 is 5.32 Å². The van der Waals surface area contributed by atoms with Gasteiger partial charge in [-0.05, 0) is 26.2 Å². The minimum atomic E-state index is -0.329. The molecule has 0 radical (unpaired) electrons. The fourth-order valence-electron chi connectivity index (χ4n) is 2.53. The summed E-state index contributed by atoms with van der Waals surface area (Å²) in [6.07, 6.45) is 3.32. The molecule has 0 aromatic heterocycles. The normalized spacial score (nSPS) is 26.9. The first-order valence-corrected chi connectivity index (χ1v) is 6.69. The lowest BCUT2D eigenvalue weighted by Gasteiger charge is -2.42. The molecule has 0 bridgehead atoms. The summed E-state index contributed by atoms with van der Waals surface area (Å²) in [5.41, 5.74) is 0. The molecule has 3 atom stereocenters. The number of piperazine rings is 1. The summed E-state index contributed by atoms with van der Waals surface area (Å²) in [4.78, 5) is 26.1. The van der Waals surface area contributed by atoms with Crippen LogP contribution in [0.3, 0.4) is 0 Å². The van der Waals surface area contributed by atoms with Crippen LogP contribution in [0.15, 0.2) is 0 Å². The Kier molecular flexibility index (Phi) is 4.97. The molecule has 3 unspecified atom stereocenters.